The van der Waals surface area contributed by atoms with Gasteiger partial charge in [0.1, 0.15) is 0 Å². The molecule has 2 unspecified atom stereocenters. The first-order chi connectivity index (χ1) is 7.53. The van der Waals surface area contributed by atoms with Crippen LogP contribution in [0, 0.1) is 0 Å². The van der Waals surface area contributed by atoms with Crippen molar-refractivity contribution in [2.24, 2.45) is 5.73 Å². The van der Waals surface area contributed by atoms with E-state index in [1.807, 2.05) is 6.92 Å². The van der Waals surface area contributed by atoms with Gasteiger partial charge in [0.2, 0.25) is 0 Å². The maximum Gasteiger partial charge on any atom is 0.0660 e. The van der Waals surface area contributed by atoms with Crippen LogP contribution in [-0.2, 0) is 4.74 Å². The van der Waals surface area contributed by atoms with E-state index < -0.39 is 0 Å². The maximum absolute atomic E-state index is 5.94. The number of nitrogens with zero attached hydrogens (tertiary/aromatic N) is 2. The van der Waals surface area contributed by atoms with Crippen molar-refractivity contribution < 1.29 is 4.74 Å². The zero-order valence-electron chi connectivity index (χ0n) is 11.2. The van der Waals surface area contributed by atoms with E-state index in [0.717, 1.165) is 32.8 Å². The van der Waals surface area contributed by atoms with Crippen molar-refractivity contribution in [1.29, 1.82) is 0 Å². The van der Waals surface area contributed by atoms with Crippen LogP contribution in [0.15, 0.2) is 0 Å². The quantitative estimate of drug-likeness (QED) is 0.740. The van der Waals surface area contributed by atoms with Gasteiger partial charge >= 0.3 is 0 Å². The zero-order chi connectivity index (χ0) is 12.2. The van der Waals surface area contributed by atoms with Crippen molar-refractivity contribution in [2.75, 3.05) is 46.4 Å². The van der Waals surface area contributed by atoms with Crippen molar-refractivity contribution >= 4 is 0 Å². The van der Waals surface area contributed by atoms with Crippen LogP contribution >= 0.6 is 0 Å². The molecule has 0 aromatic heterocycles. The van der Waals surface area contributed by atoms with Gasteiger partial charge < -0.3 is 15.4 Å². The molecule has 2 atom stereocenters. The number of hydrogen-bond acceptors (Lipinski definition) is 4. The molecular weight excluding hydrogens is 202 g/mol. The topological polar surface area (TPSA) is 41.7 Å². The standard InChI is InChI=1S/C12H27N3O/c1-5-16-10-12(3,9-13)15-7-6-14(4)8-11(15)2/h11H,5-10,13H2,1-4H3. The third-order valence-electron chi connectivity index (χ3n) is 3.58. The predicted octanol–water partition coefficient (Wildman–Crippen LogP) is 0.376. The van der Waals surface area contributed by atoms with Crippen molar-refractivity contribution in [3.8, 4) is 0 Å². The molecule has 96 valence electrons. The van der Waals surface area contributed by atoms with E-state index in [2.05, 4.69) is 30.7 Å². The van der Waals surface area contributed by atoms with Crippen LogP contribution in [-0.4, -0.2) is 67.8 Å². The summed E-state index contributed by atoms with van der Waals surface area (Å²) in [5.74, 6) is 0. The Morgan fingerprint density at radius 2 is 2.12 bits per heavy atom. The Morgan fingerprint density at radius 3 is 2.62 bits per heavy atom. The number of hydrogen-bond donors (Lipinski definition) is 1. The first-order valence-corrected chi connectivity index (χ1v) is 6.26. The number of likely N-dealkylation sites (N-methyl/N-ethyl adjacent to an activating group) is 1. The average molecular weight is 229 g/mol. The van der Waals surface area contributed by atoms with Crippen molar-refractivity contribution in [2.45, 2.75) is 32.4 Å². The van der Waals surface area contributed by atoms with Crippen molar-refractivity contribution in [3.63, 3.8) is 0 Å². The lowest BCUT2D eigenvalue weighted by Crippen LogP contribution is -2.63. The SMILES string of the molecule is CCOCC(C)(CN)N1CCN(C)CC1C. The van der Waals surface area contributed by atoms with Gasteiger partial charge in [-0.3, -0.25) is 4.90 Å². The molecule has 0 aliphatic carbocycles. The number of ether oxygens (including phenoxy) is 1. The molecule has 1 aliphatic heterocycles. The smallest absolute Gasteiger partial charge is 0.0660 e. The first kappa shape index (κ1) is 13.9. The van der Waals surface area contributed by atoms with Gasteiger partial charge in [-0.15, -0.1) is 0 Å². The molecule has 1 aliphatic rings. The normalized spacial score (nSPS) is 27.9. The van der Waals surface area contributed by atoms with E-state index in [-0.39, 0.29) is 5.54 Å². The highest BCUT2D eigenvalue weighted by Gasteiger charge is 2.36. The van der Waals surface area contributed by atoms with Crippen LogP contribution in [0.25, 0.3) is 0 Å². The van der Waals surface area contributed by atoms with Gasteiger partial charge in [0, 0.05) is 38.8 Å². The summed E-state index contributed by atoms with van der Waals surface area (Å²) >= 11 is 0. The average Bonchev–Trinajstić information content (AvgIpc) is 2.26. The second-order valence-electron chi connectivity index (χ2n) is 5.14. The summed E-state index contributed by atoms with van der Waals surface area (Å²) in [6, 6.07) is 0.549. The largest absolute Gasteiger partial charge is 0.380 e. The fraction of sp³-hybridized carbons (Fsp3) is 1.00. The lowest BCUT2D eigenvalue weighted by molar-refractivity contribution is -0.0370. The second kappa shape index (κ2) is 5.96. The van der Waals surface area contributed by atoms with Crippen LogP contribution in [0.2, 0.25) is 0 Å². The molecule has 2 N–H and O–H groups in total. The van der Waals surface area contributed by atoms with E-state index >= 15 is 0 Å². The molecule has 1 saturated heterocycles. The van der Waals surface area contributed by atoms with E-state index in [1.165, 1.54) is 0 Å². The summed E-state index contributed by atoms with van der Waals surface area (Å²) in [5, 5.41) is 0. The van der Waals surface area contributed by atoms with Crippen molar-refractivity contribution in [3.05, 3.63) is 0 Å². The molecule has 0 spiro atoms. The van der Waals surface area contributed by atoms with Gasteiger partial charge in [0.15, 0.2) is 0 Å². The minimum Gasteiger partial charge on any atom is -0.380 e. The van der Waals surface area contributed by atoms with Crippen LogP contribution in [0.5, 0.6) is 0 Å². The zero-order valence-corrected chi connectivity index (χ0v) is 11.2. The second-order valence-corrected chi connectivity index (χ2v) is 5.14. The molecule has 4 nitrogen and oxygen atoms in total. The Labute approximate surface area is 99.7 Å². The van der Waals surface area contributed by atoms with Crippen LogP contribution in [0.4, 0.5) is 0 Å². The molecule has 4 heteroatoms. The van der Waals surface area contributed by atoms with Crippen molar-refractivity contribution in [1.82, 2.24) is 9.80 Å². The van der Waals surface area contributed by atoms with Crippen LogP contribution < -0.4 is 5.73 Å². The van der Waals surface area contributed by atoms with Gasteiger partial charge in [-0.2, -0.15) is 0 Å². The summed E-state index contributed by atoms with van der Waals surface area (Å²) < 4.78 is 5.58. The van der Waals surface area contributed by atoms with Gasteiger partial charge in [-0.25, -0.2) is 0 Å². The molecule has 1 rings (SSSR count). The summed E-state index contributed by atoms with van der Waals surface area (Å²) in [6.45, 7) is 12.0. The Kier molecular flexibility index (Phi) is 5.18. The van der Waals surface area contributed by atoms with Gasteiger partial charge in [0.25, 0.3) is 0 Å². The molecule has 0 amide bonds. The molecule has 0 radical (unpaired) electrons. The van der Waals surface area contributed by atoms with Crippen LogP contribution in [0.3, 0.4) is 0 Å². The number of rotatable bonds is 5. The predicted molar refractivity (Wildman–Crippen MR) is 67.6 cm³/mol. The highest BCUT2D eigenvalue weighted by atomic mass is 16.5. The molecule has 16 heavy (non-hydrogen) atoms. The fourth-order valence-electron chi connectivity index (χ4n) is 2.52. The van der Waals surface area contributed by atoms with Gasteiger partial charge in [-0.1, -0.05) is 0 Å². The van der Waals surface area contributed by atoms with Crippen LogP contribution in [0.1, 0.15) is 20.8 Å². The summed E-state index contributed by atoms with van der Waals surface area (Å²) in [5.41, 5.74) is 5.92. The molecule has 0 saturated carbocycles. The molecule has 0 aromatic carbocycles. The monoisotopic (exact) mass is 229 g/mol. The minimum absolute atomic E-state index is 0.0172. The summed E-state index contributed by atoms with van der Waals surface area (Å²) in [4.78, 5) is 4.88. The molecule has 1 fully saturated rings. The molecule has 0 bridgehead atoms. The minimum atomic E-state index is -0.0172. The van der Waals surface area contributed by atoms with E-state index in [9.17, 15) is 0 Å². The Balaban J connectivity index is 2.63. The van der Waals surface area contributed by atoms with Gasteiger partial charge in [0.05, 0.1) is 12.1 Å². The maximum atomic E-state index is 5.94. The lowest BCUT2D eigenvalue weighted by atomic mass is 9.97. The first-order valence-electron chi connectivity index (χ1n) is 6.26. The van der Waals surface area contributed by atoms with Gasteiger partial charge in [-0.05, 0) is 27.8 Å². The highest BCUT2D eigenvalue weighted by molar-refractivity contribution is 4.93. The molecule has 0 aromatic rings. The summed E-state index contributed by atoms with van der Waals surface area (Å²) in [7, 11) is 2.18. The lowest BCUT2D eigenvalue weighted by Gasteiger charge is -2.48. The summed E-state index contributed by atoms with van der Waals surface area (Å²) in [6.07, 6.45) is 0. The van der Waals surface area contributed by atoms with E-state index in [0.29, 0.717) is 12.6 Å². The van der Waals surface area contributed by atoms with E-state index in [4.69, 9.17) is 10.5 Å². The third kappa shape index (κ3) is 3.17. The number of nitrogens with two attached hydrogens (primary N) is 1. The Morgan fingerprint density at radius 1 is 1.44 bits per heavy atom. The fourth-order valence-corrected chi connectivity index (χ4v) is 2.52. The van der Waals surface area contributed by atoms with E-state index in [1.54, 1.807) is 0 Å². The third-order valence-corrected chi connectivity index (χ3v) is 3.58. The molecular formula is C12H27N3O. The number of piperazine rings is 1. The highest BCUT2D eigenvalue weighted by Crippen LogP contribution is 2.21. The molecule has 1 heterocycles. The Hall–Kier alpha value is -0.160. The Bertz CT molecular complexity index is 212.